The zero-order valence-electron chi connectivity index (χ0n) is 18.0. The minimum absolute atomic E-state index is 0.0979. The fourth-order valence-electron chi connectivity index (χ4n) is 5.13. The average molecular weight is 443 g/mol. The highest BCUT2D eigenvalue weighted by Gasteiger charge is 2.57. The van der Waals surface area contributed by atoms with Crippen LogP contribution in [0.25, 0.3) is 0 Å². The number of carboxylic acid groups (broad SMARTS) is 1. The normalized spacial score (nSPS) is 19.9. The molecule has 7 heteroatoms. The second kappa shape index (κ2) is 7.00. The van der Waals surface area contributed by atoms with Crippen LogP contribution < -0.4 is 19.1 Å². The molecule has 1 atom stereocenters. The molecule has 3 aliphatic rings. The number of ether oxygens (including phenoxy) is 3. The number of hydrogen-bond donors (Lipinski definition) is 1. The summed E-state index contributed by atoms with van der Waals surface area (Å²) >= 11 is 0. The van der Waals surface area contributed by atoms with E-state index in [1.165, 1.54) is 0 Å². The van der Waals surface area contributed by atoms with Crippen molar-refractivity contribution in [2.24, 2.45) is 0 Å². The molecule has 0 radical (unpaired) electrons. The molecule has 1 amide bonds. The molecule has 0 saturated carbocycles. The lowest BCUT2D eigenvalue weighted by atomic mass is 9.77. The number of benzene rings is 3. The second-order valence-electron chi connectivity index (χ2n) is 8.49. The van der Waals surface area contributed by atoms with E-state index in [0.717, 1.165) is 22.4 Å². The van der Waals surface area contributed by atoms with Gasteiger partial charge >= 0.3 is 5.97 Å². The number of aromatic carboxylic acids is 1. The Balaban J connectivity index is 1.47. The first kappa shape index (κ1) is 19.7. The second-order valence-corrected chi connectivity index (χ2v) is 8.49. The molecule has 1 spiro atoms. The lowest BCUT2D eigenvalue weighted by Crippen LogP contribution is -2.42. The first-order valence-corrected chi connectivity index (χ1v) is 10.8. The van der Waals surface area contributed by atoms with Gasteiger partial charge in [0, 0.05) is 17.3 Å². The van der Waals surface area contributed by atoms with Gasteiger partial charge in [0.2, 0.25) is 5.91 Å². The van der Waals surface area contributed by atoms with Gasteiger partial charge in [-0.2, -0.15) is 0 Å². The maximum atomic E-state index is 14.1. The Morgan fingerprint density at radius 1 is 0.970 bits per heavy atom. The Morgan fingerprint density at radius 2 is 1.73 bits per heavy atom. The molecule has 1 unspecified atom stereocenters. The highest BCUT2D eigenvalue weighted by atomic mass is 16.6. The number of carbonyl (C=O) groups is 2. The highest BCUT2D eigenvalue weighted by molar-refractivity contribution is 6.11. The molecule has 0 fully saturated rings. The van der Waals surface area contributed by atoms with Crippen LogP contribution in [0.1, 0.15) is 32.6 Å². The van der Waals surface area contributed by atoms with E-state index in [-0.39, 0.29) is 24.6 Å². The Morgan fingerprint density at radius 3 is 2.52 bits per heavy atom. The molecule has 0 aliphatic carbocycles. The van der Waals surface area contributed by atoms with E-state index < -0.39 is 11.4 Å². The molecule has 0 aromatic heterocycles. The highest BCUT2D eigenvalue weighted by Crippen LogP contribution is 2.55. The minimum atomic E-state index is -0.986. The number of carboxylic acids is 1. The van der Waals surface area contributed by atoms with Crippen LogP contribution in [-0.4, -0.2) is 36.8 Å². The van der Waals surface area contributed by atoms with E-state index in [1.54, 1.807) is 30.0 Å². The predicted molar refractivity (Wildman–Crippen MR) is 119 cm³/mol. The Labute approximate surface area is 190 Å². The van der Waals surface area contributed by atoms with E-state index in [0.29, 0.717) is 36.0 Å². The number of nitrogens with zero attached hydrogens (tertiary/aromatic N) is 1. The summed E-state index contributed by atoms with van der Waals surface area (Å²) in [6.07, 6.45) is 0. The fraction of sp³-hybridized carbons (Fsp3) is 0.231. The van der Waals surface area contributed by atoms with E-state index >= 15 is 0 Å². The molecule has 166 valence electrons. The molecule has 1 N–H and O–H groups in total. The van der Waals surface area contributed by atoms with E-state index in [9.17, 15) is 14.7 Å². The summed E-state index contributed by atoms with van der Waals surface area (Å²) in [6.45, 7) is 3.16. The maximum absolute atomic E-state index is 14.1. The van der Waals surface area contributed by atoms with Crippen LogP contribution in [0.3, 0.4) is 0 Å². The number of para-hydroxylation sites is 1. The van der Waals surface area contributed by atoms with Crippen molar-refractivity contribution >= 4 is 17.6 Å². The van der Waals surface area contributed by atoms with Crippen molar-refractivity contribution in [2.45, 2.75) is 18.9 Å². The van der Waals surface area contributed by atoms with Crippen LogP contribution in [0.15, 0.2) is 54.6 Å². The molecule has 3 aliphatic heterocycles. The number of anilines is 1. The van der Waals surface area contributed by atoms with E-state index in [4.69, 9.17) is 14.2 Å². The third kappa shape index (κ3) is 2.68. The number of amides is 1. The molecular formula is C26H21NO6. The van der Waals surface area contributed by atoms with Gasteiger partial charge in [0.1, 0.15) is 31.0 Å². The standard InChI is InChI=1S/C26H21NO6/c1-15-16(5-4-6-17(15)24(28)29)13-27-20-8-3-2-7-18(20)26(25(27)30)14-33-21-12-23-22(11-19(21)26)31-9-10-32-23/h2-8,11-12H,9-10,13-14H2,1H3,(H,28,29). The van der Waals surface area contributed by atoms with Gasteiger partial charge in [-0.25, -0.2) is 4.79 Å². The zero-order chi connectivity index (χ0) is 22.7. The Hall–Kier alpha value is -4.00. The van der Waals surface area contributed by atoms with Gasteiger partial charge in [-0.1, -0.05) is 30.3 Å². The Kier molecular flexibility index (Phi) is 4.17. The van der Waals surface area contributed by atoms with Crippen molar-refractivity contribution in [1.29, 1.82) is 0 Å². The lowest BCUT2D eigenvalue weighted by molar-refractivity contribution is -0.122. The van der Waals surface area contributed by atoms with Crippen LogP contribution in [0.5, 0.6) is 17.2 Å². The molecular weight excluding hydrogens is 422 g/mol. The summed E-state index contributed by atoms with van der Waals surface area (Å²) in [6, 6.07) is 16.5. The molecule has 6 rings (SSSR count). The van der Waals surface area contributed by atoms with E-state index in [2.05, 4.69) is 0 Å². The Bertz CT molecular complexity index is 1330. The molecule has 3 aromatic carbocycles. The van der Waals surface area contributed by atoms with Crippen LogP contribution in [0.2, 0.25) is 0 Å². The molecule has 0 saturated heterocycles. The van der Waals surface area contributed by atoms with E-state index in [1.807, 2.05) is 36.4 Å². The third-order valence-corrected chi connectivity index (χ3v) is 6.82. The maximum Gasteiger partial charge on any atom is 0.335 e. The van der Waals surface area contributed by atoms with Crippen LogP contribution >= 0.6 is 0 Å². The number of hydrogen-bond acceptors (Lipinski definition) is 5. The smallest absolute Gasteiger partial charge is 0.335 e. The van der Waals surface area contributed by atoms with Crippen LogP contribution in [0.4, 0.5) is 5.69 Å². The summed E-state index contributed by atoms with van der Waals surface area (Å²) in [5.41, 5.74) is 3.13. The van der Waals surface area contributed by atoms with Gasteiger partial charge in [0.05, 0.1) is 12.1 Å². The SMILES string of the molecule is Cc1c(CN2C(=O)C3(COc4cc5c(cc43)OCCO5)c3ccccc32)cccc1C(=O)O. The first-order valence-electron chi connectivity index (χ1n) is 10.8. The van der Waals surface area contributed by atoms with Gasteiger partial charge < -0.3 is 24.2 Å². The minimum Gasteiger partial charge on any atom is -0.491 e. The molecule has 3 aromatic rings. The van der Waals surface area contributed by atoms with Crippen molar-refractivity contribution in [3.63, 3.8) is 0 Å². The third-order valence-electron chi connectivity index (χ3n) is 6.82. The quantitative estimate of drug-likeness (QED) is 0.665. The van der Waals surface area contributed by atoms with Gasteiger partial charge in [0.15, 0.2) is 11.5 Å². The lowest BCUT2D eigenvalue weighted by Gasteiger charge is -2.25. The first-order chi connectivity index (χ1) is 16.0. The monoisotopic (exact) mass is 443 g/mol. The number of rotatable bonds is 3. The summed E-state index contributed by atoms with van der Waals surface area (Å²) in [5.74, 6) is 0.768. The van der Waals surface area contributed by atoms with Crippen molar-refractivity contribution < 1.29 is 28.9 Å². The van der Waals surface area contributed by atoms with Gasteiger partial charge in [-0.15, -0.1) is 0 Å². The number of fused-ring (bicyclic) bond motifs is 5. The summed E-state index contributed by atoms with van der Waals surface area (Å²) in [7, 11) is 0. The molecule has 33 heavy (non-hydrogen) atoms. The van der Waals surface area contributed by atoms with Crippen molar-refractivity contribution in [3.8, 4) is 17.2 Å². The summed E-state index contributed by atoms with van der Waals surface area (Å²) in [4.78, 5) is 27.5. The molecule has 7 nitrogen and oxygen atoms in total. The van der Waals surface area contributed by atoms with Crippen molar-refractivity contribution in [1.82, 2.24) is 0 Å². The zero-order valence-corrected chi connectivity index (χ0v) is 18.0. The summed E-state index contributed by atoms with van der Waals surface area (Å²) in [5, 5.41) is 9.52. The van der Waals surface area contributed by atoms with Crippen LogP contribution in [0, 0.1) is 6.92 Å². The largest absolute Gasteiger partial charge is 0.491 e. The predicted octanol–water partition coefficient (Wildman–Crippen LogP) is 3.69. The van der Waals surface area contributed by atoms with Gasteiger partial charge in [-0.05, 0) is 41.8 Å². The van der Waals surface area contributed by atoms with Crippen molar-refractivity contribution in [2.75, 3.05) is 24.7 Å². The summed E-state index contributed by atoms with van der Waals surface area (Å²) < 4.78 is 17.5. The molecule has 0 bridgehead atoms. The fourth-order valence-corrected chi connectivity index (χ4v) is 5.13. The molecule has 3 heterocycles. The topological polar surface area (TPSA) is 85.3 Å². The van der Waals surface area contributed by atoms with Gasteiger partial charge in [-0.3, -0.25) is 4.79 Å². The van der Waals surface area contributed by atoms with Gasteiger partial charge in [0.25, 0.3) is 0 Å². The average Bonchev–Trinajstić information content (AvgIpc) is 3.31. The van der Waals surface area contributed by atoms with Crippen LogP contribution in [-0.2, 0) is 16.8 Å². The van der Waals surface area contributed by atoms with Crippen molar-refractivity contribution in [3.05, 3.63) is 82.4 Å². The number of carbonyl (C=O) groups excluding carboxylic acids is 1.